The molecule has 0 bridgehead atoms. The molecule has 2 aromatic rings. The third-order valence-electron chi connectivity index (χ3n) is 2.28. The van der Waals surface area contributed by atoms with Gasteiger partial charge in [-0.05, 0) is 33.6 Å². The van der Waals surface area contributed by atoms with E-state index < -0.39 is 0 Å². The van der Waals surface area contributed by atoms with Crippen LogP contribution in [0.4, 0.5) is 0 Å². The van der Waals surface area contributed by atoms with Gasteiger partial charge in [-0.25, -0.2) is 0 Å². The van der Waals surface area contributed by atoms with E-state index in [0.29, 0.717) is 11.3 Å². The zero-order valence-electron chi connectivity index (χ0n) is 8.99. The van der Waals surface area contributed by atoms with Gasteiger partial charge in [0.1, 0.15) is 5.75 Å². The number of ether oxygens (including phenoxy) is 1. The summed E-state index contributed by atoms with van der Waals surface area (Å²) in [6.45, 7) is 0. The zero-order chi connectivity index (χ0) is 12.4. The molecule has 0 aliphatic rings. The summed E-state index contributed by atoms with van der Waals surface area (Å²) in [6.07, 6.45) is 0.512. The third kappa shape index (κ3) is 2.70. The van der Waals surface area contributed by atoms with Gasteiger partial charge in [0.05, 0.1) is 16.5 Å². The van der Waals surface area contributed by atoms with Gasteiger partial charge >= 0.3 is 4.87 Å². The Morgan fingerprint density at radius 2 is 2.29 bits per heavy atom. The van der Waals surface area contributed by atoms with Gasteiger partial charge < -0.3 is 9.84 Å². The first-order valence-electron chi connectivity index (χ1n) is 4.83. The predicted octanol–water partition coefficient (Wildman–Crippen LogP) is 2.50. The molecule has 0 saturated carbocycles. The summed E-state index contributed by atoms with van der Waals surface area (Å²) in [4.78, 5) is 13.8. The van der Waals surface area contributed by atoms with Gasteiger partial charge in [0.25, 0.3) is 0 Å². The van der Waals surface area contributed by atoms with E-state index in [-0.39, 0.29) is 10.8 Å². The molecule has 0 radical (unpaired) electrons. The lowest BCUT2D eigenvalue weighted by atomic mass is 10.1. The molecule has 0 aliphatic carbocycles. The highest BCUT2D eigenvalue weighted by molar-refractivity contribution is 9.10. The number of hydrogen-bond acceptors (Lipinski definition) is 4. The molecule has 4 nitrogen and oxygen atoms in total. The van der Waals surface area contributed by atoms with Crippen LogP contribution in [0.3, 0.4) is 0 Å². The molecule has 6 heteroatoms. The number of aromatic hydroxyl groups is 1. The highest BCUT2D eigenvalue weighted by Crippen LogP contribution is 2.28. The number of aromatic amines is 1. The number of aromatic nitrogens is 1. The van der Waals surface area contributed by atoms with Gasteiger partial charge in [-0.3, -0.25) is 9.78 Å². The van der Waals surface area contributed by atoms with E-state index in [1.165, 1.54) is 0 Å². The van der Waals surface area contributed by atoms with Crippen molar-refractivity contribution in [2.45, 2.75) is 6.42 Å². The molecule has 17 heavy (non-hydrogen) atoms. The summed E-state index contributed by atoms with van der Waals surface area (Å²) < 4.78 is 5.98. The Hall–Kier alpha value is -1.27. The fourth-order valence-electron chi connectivity index (χ4n) is 1.48. The Labute approximate surface area is 110 Å². The topological polar surface area (TPSA) is 62.3 Å². The molecule has 0 amide bonds. The maximum absolute atomic E-state index is 11.0. The lowest BCUT2D eigenvalue weighted by molar-refractivity contribution is 0.412. The minimum atomic E-state index is -0.245. The van der Waals surface area contributed by atoms with Crippen molar-refractivity contribution in [2.75, 3.05) is 7.11 Å². The third-order valence-corrected chi connectivity index (χ3v) is 3.77. The SMILES string of the molecule is COc1ccc(Cc2sc(=O)[nH]c2O)cc1Br. The first-order chi connectivity index (χ1) is 8.10. The van der Waals surface area contributed by atoms with E-state index in [0.717, 1.165) is 27.1 Å². The molecule has 0 spiro atoms. The van der Waals surface area contributed by atoms with Crippen molar-refractivity contribution in [3.05, 3.63) is 42.8 Å². The minimum absolute atomic E-state index is 0.0491. The molecule has 1 heterocycles. The number of methoxy groups -OCH3 is 1. The van der Waals surface area contributed by atoms with Crippen molar-refractivity contribution >= 4 is 27.3 Å². The van der Waals surface area contributed by atoms with Crippen LogP contribution in [0.15, 0.2) is 27.5 Å². The zero-order valence-corrected chi connectivity index (χ0v) is 11.4. The molecule has 0 unspecified atom stereocenters. The van der Waals surface area contributed by atoms with Crippen LogP contribution in [0.2, 0.25) is 0 Å². The van der Waals surface area contributed by atoms with Crippen LogP contribution in [0.25, 0.3) is 0 Å². The molecule has 0 atom stereocenters. The Balaban J connectivity index is 2.27. The average molecular weight is 316 g/mol. The largest absolute Gasteiger partial charge is 0.496 e. The number of H-pyrrole nitrogens is 1. The molecule has 90 valence electrons. The molecular formula is C11H10BrNO3S. The highest BCUT2D eigenvalue weighted by atomic mass is 79.9. The van der Waals surface area contributed by atoms with E-state index in [1.807, 2.05) is 18.2 Å². The van der Waals surface area contributed by atoms with Crippen molar-refractivity contribution in [1.29, 1.82) is 0 Å². The first-order valence-corrected chi connectivity index (χ1v) is 6.44. The number of rotatable bonds is 3. The summed E-state index contributed by atoms with van der Waals surface area (Å²) in [5.74, 6) is 0.701. The van der Waals surface area contributed by atoms with Gasteiger partial charge in [0.15, 0.2) is 0 Å². The average Bonchev–Trinajstić information content (AvgIpc) is 2.58. The second-order valence-electron chi connectivity index (χ2n) is 3.43. The van der Waals surface area contributed by atoms with Crippen molar-refractivity contribution < 1.29 is 9.84 Å². The molecular weight excluding hydrogens is 306 g/mol. The van der Waals surface area contributed by atoms with E-state index in [9.17, 15) is 9.90 Å². The molecule has 1 aromatic heterocycles. The quantitative estimate of drug-likeness (QED) is 0.914. The van der Waals surface area contributed by atoms with E-state index in [4.69, 9.17) is 4.74 Å². The normalized spacial score (nSPS) is 10.5. The van der Waals surface area contributed by atoms with Crippen LogP contribution in [0.5, 0.6) is 11.6 Å². The molecule has 2 rings (SSSR count). The number of benzene rings is 1. The second kappa shape index (κ2) is 4.93. The number of hydrogen-bond donors (Lipinski definition) is 2. The van der Waals surface area contributed by atoms with E-state index in [1.54, 1.807) is 7.11 Å². The summed E-state index contributed by atoms with van der Waals surface area (Å²) in [6, 6.07) is 5.64. The standard InChI is InChI=1S/C11H10BrNO3S/c1-16-8-3-2-6(4-7(8)12)5-9-10(14)13-11(15)17-9/h2-4,14H,5H2,1H3,(H,13,15). The van der Waals surface area contributed by atoms with E-state index in [2.05, 4.69) is 20.9 Å². The van der Waals surface area contributed by atoms with Gasteiger partial charge in [-0.15, -0.1) is 0 Å². The second-order valence-corrected chi connectivity index (χ2v) is 5.35. The van der Waals surface area contributed by atoms with Gasteiger partial charge in [-0.2, -0.15) is 0 Å². The maximum atomic E-state index is 11.0. The highest BCUT2D eigenvalue weighted by Gasteiger charge is 2.09. The first kappa shape index (κ1) is 12.2. The van der Waals surface area contributed by atoms with Crippen LogP contribution < -0.4 is 9.61 Å². The summed E-state index contributed by atoms with van der Waals surface area (Å²) in [5, 5.41) is 9.48. The summed E-state index contributed by atoms with van der Waals surface area (Å²) in [7, 11) is 1.60. The molecule has 1 aromatic carbocycles. The van der Waals surface area contributed by atoms with E-state index >= 15 is 0 Å². The van der Waals surface area contributed by atoms with Crippen molar-refractivity contribution in [2.24, 2.45) is 0 Å². The maximum Gasteiger partial charge on any atom is 0.307 e. The van der Waals surface area contributed by atoms with Crippen LogP contribution in [-0.4, -0.2) is 17.2 Å². The molecule has 0 aliphatic heterocycles. The van der Waals surface area contributed by atoms with Gasteiger partial charge in [0.2, 0.25) is 5.88 Å². The Bertz CT molecular complexity index is 591. The van der Waals surface area contributed by atoms with Crippen LogP contribution in [0.1, 0.15) is 10.4 Å². The van der Waals surface area contributed by atoms with Gasteiger partial charge in [0, 0.05) is 6.42 Å². The molecule has 0 saturated heterocycles. The summed E-state index contributed by atoms with van der Waals surface area (Å²) >= 11 is 4.41. The van der Waals surface area contributed by atoms with Crippen LogP contribution in [-0.2, 0) is 6.42 Å². The Morgan fingerprint density at radius 3 is 2.82 bits per heavy atom. The number of halogens is 1. The van der Waals surface area contributed by atoms with Crippen LogP contribution in [0, 0.1) is 0 Å². The fourth-order valence-corrected chi connectivity index (χ4v) is 2.82. The lowest BCUT2D eigenvalue weighted by Gasteiger charge is -2.05. The number of nitrogens with one attached hydrogen (secondary N) is 1. The summed E-state index contributed by atoms with van der Waals surface area (Å²) in [5.41, 5.74) is 0.989. The van der Waals surface area contributed by atoms with Crippen molar-refractivity contribution in [3.63, 3.8) is 0 Å². The van der Waals surface area contributed by atoms with Crippen molar-refractivity contribution in [1.82, 2.24) is 4.98 Å². The predicted molar refractivity (Wildman–Crippen MR) is 70.1 cm³/mol. The van der Waals surface area contributed by atoms with Crippen molar-refractivity contribution in [3.8, 4) is 11.6 Å². The smallest absolute Gasteiger partial charge is 0.307 e. The number of thiazole rings is 1. The monoisotopic (exact) mass is 315 g/mol. The van der Waals surface area contributed by atoms with Gasteiger partial charge in [-0.1, -0.05) is 17.4 Å². The lowest BCUT2D eigenvalue weighted by Crippen LogP contribution is -1.89. The fraction of sp³-hybridized carbons (Fsp3) is 0.182. The minimum Gasteiger partial charge on any atom is -0.496 e. The Kier molecular flexibility index (Phi) is 3.54. The van der Waals surface area contributed by atoms with Crippen LogP contribution >= 0.6 is 27.3 Å². The Morgan fingerprint density at radius 1 is 1.53 bits per heavy atom. The molecule has 0 fully saturated rings. The molecule has 2 N–H and O–H groups in total.